The Morgan fingerprint density at radius 3 is 1.80 bits per heavy atom. The first-order chi connectivity index (χ1) is 16.2. The zero-order valence-electron chi connectivity index (χ0n) is 22.6. The van der Waals surface area contributed by atoms with Gasteiger partial charge in [0.2, 0.25) is 5.91 Å². The van der Waals surface area contributed by atoms with Gasteiger partial charge in [0, 0.05) is 43.0 Å². The number of piperazine rings is 1. The van der Waals surface area contributed by atoms with Crippen LogP contribution < -0.4 is 15.0 Å². The summed E-state index contributed by atoms with van der Waals surface area (Å²) in [5.41, 5.74) is 1.71. The minimum absolute atomic E-state index is 0.0645. The number of amides is 2. The number of nitrogens with zero attached hydrogens (tertiary/aromatic N) is 2. The minimum atomic E-state index is -1.03. The van der Waals surface area contributed by atoms with Crippen LogP contribution in [-0.4, -0.2) is 48.5 Å². The third-order valence-electron chi connectivity index (χ3n) is 6.34. The van der Waals surface area contributed by atoms with E-state index in [2.05, 4.69) is 31.0 Å². The van der Waals surface area contributed by atoms with Gasteiger partial charge in [0.25, 0.3) is 5.91 Å². The Hall–Kier alpha value is -3.02. The molecule has 2 amide bonds. The van der Waals surface area contributed by atoms with Crippen LogP contribution >= 0.6 is 0 Å². The average molecular weight is 480 g/mol. The van der Waals surface area contributed by atoms with Crippen LogP contribution in [0.5, 0.6) is 5.75 Å². The molecule has 2 aromatic carbocycles. The van der Waals surface area contributed by atoms with Crippen molar-refractivity contribution in [3.8, 4) is 5.75 Å². The molecule has 1 fully saturated rings. The van der Waals surface area contributed by atoms with Gasteiger partial charge in [0.1, 0.15) is 5.75 Å². The van der Waals surface area contributed by atoms with Gasteiger partial charge in [-0.05, 0) is 61.2 Å². The van der Waals surface area contributed by atoms with Gasteiger partial charge in [0.05, 0.1) is 0 Å². The minimum Gasteiger partial charge on any atom is -0.478 e. The molecule has 1 aliphatic rings. The van der Waals surface area contributed by atoms with Crippen LogP contribution in [0.1, 0.15) is 61.0 Å². The van der Waals surface area contributed by atoms with Crippen molar-refractivity contribution in [3.63, 3.8) is 0 Å². The van der Waals surface area contributed by atoms with E-state index in [1.54, 1.807) is 13.8 Å². The molecule has 6 nitrogen and oxygen atoms in total. The summed E-state index contributed by atoms with van der Waals surface area (Å²) >= 11 is 0. The fourth-order valence-corrected chi connectivity index (χ4v) is 4.04. The van der Waals surface area contributed by atoms with E-state index in [1.165, 1.54) is 5.56 Å². The number of nitrogens with one attached hydrogen (secondary N) is 1. The Bertz CT molecular complexity index is 1020. The number of carbonyl (C=O) groups excluding carboxylic acids is 2. The molecule has 0 radical (unpaired) electrons. The van der Waals surface area contributed by atoms with Crippen LogP contribution in [0.25, 0.3) is 0 Å². The highest BCUT2D eigenvalue weighted by Crippen LogP contribution is 2.27. The molecule has 1 N–H and O–H groups in total. The first-order valence-corrected chi connectivity index (χ1v) is 12.4. The zero-order valence-corrected chi connectivity index (χ0v) is 22.6. The summed E-state index contributed by atoms with van der Waals surface area (Å²) in [7, 11) is 0. The van der Waals surface area contributed by atoms with Crippen molar-refractivity contribution in [3.05, 3.63) is 54.1 Å². The summed E-state index contributed by atoms with van der Waals surface area (Å²) in [6.45, 7) is 19.0. The number of benzene rings is 2. The third kappa shape index (κ3) is 6.77. The van der Waals surface area contributed by atoms with Crippen LogP contribution in [0.4, 0.5) is 11.4 Å². The van der Waals surface area contributed by atoms with Crippen LogP contribution in [-0.2, 0) is 15.0 Å². The van der Waals surface area contributed by atoms with Gasteiger partial charge in [-0.25, -0.2) is 0 Å². The quantitative estimate of drug-likeness (QED) is 0.617. The molecule has 1 aliphatic heterocycles. The van der Waals surface area contributed by atoms with E-state index in [4.69, 9.17) is 4.74 Å². The largest absolute Gasteiger partial charge is 0.478 e. The first kappa shape index (κ1) is 26.6. The summed E-state index contributed by atoms with van der Waals surface area (Å²) in [6, 6.07) is 15.8. The van der Waals surface area contributed by atoms with Crippen molar-refractivity contribution >= 4 is 23.2 Å². The zero-order chi connectivity index (χ0) is 26.0. The molecule has 0 saturated carbocycles. The van der Waals surface area contributed by atoms with Crippen molar-refractivity contribution < 1.29 is 14.3 Å². The van der Waals surface area contributed by atoms with Crippen molar-refractivity contribution in [2.24, 2.45) is 5.41 Å². The molecule has 0 spiro atoms. The van der Waals surface area contributed by atoms with Crippen molar-refractivity contribution in [2.45, 2.75) is 66.4 Å². The van der Waals surface area contributed by atoms with E-state index < -0.39 is 5.60 Å². The van der Waals surface area contributed by atoms with E-state index in [-0.39, 0.29) is 22.6 Å². The maximum atomic E-state index is 12.9. The number of anilines is 2. The van der Waals surface area contributed by atoms with Crippen molar-refractivity contribution in [1.29, 1.82) is 0 Å². The lowest BCUT2D eigenvalue weighted by Gasteiger charge is -2.38. The number of carbonyl (C=O) groups is 2. The molecule has 3 rings (SSSR count). The first-order valence-electron chi connectivity index (χ1n) is 12.4. The molecular formula is C29H41N3O3. The molecule has 2 aromatic rings. The van der Waals surface area contributed by atoms with E-state index in [0.717, 1.165) is 37.6 Å². The van der Waals surface area contributed by atoms with Crippen LogP contribution in [0.2, 0.25) is 0 Å². The summed E-state index contributed by atoms with van der Waals surface area (Å²) in [5.74, 6) is 0.655. The van der Waals surface area contributed by atoms with Crippen molar-refractivity contribution in [1.82, 2.24) is 4.90 Å². The second-order valence-electron chi connectivity index (χ2n) is 11.9. The maximum Gasteiger partial charge on any atom is 0.267 e. The van der Waals surface area contributed by atoms with Gasteiger partial charge >= 0.3 is 0 Å². The second kappa shape index (κ2) is 9.92. The topological polar surface area (TPSA) is 61.9 Å². The van der Waals surface area contributed by atoms with Gasteiger partial charge < -0.3 is 19.9 Å². The lowest BCUT2D eigenvalue weighted by atomic mass is 9.87. The van der Waals surface area contributed by atoms with Gasteiger partial charge in [-0.2, -0.15) is 0 Å². The standard InChI is InChI=1S/C29H41N3O3/c1-27(2,3)21-9-15-24(16-10-21)35-29(7,8)25(33)30-22-11-13-23(14-12-22)31-17-19-32(20-18-31)26(34)28(4,5)6/h9-16H,17-20H2,1-8H3,(H,30,33). The van der Waals surface area contributed by atoms with E-state index in [9.17, 15) is 9.59 Å². The van der Waals surface area contributed by atoms with E-state index >= 15 is 0 Å². The summed E-state index contributed by atoms with van der Waals surface area (Å²) in [5, 5.41) is 2.97. The Morgan fingerprint density at radius 2 is 1.31 bits per heavy atom. The summed E-state index contributed by atoms with van der Waals surface area (Å²) in [6.07, 6.45) is 0. The highest BCUT2D eigenvalue weighted by molar-refractivity contribution is 5.97. The molecule has 0 aliphatic carbocycles. The number of rotatable bonds is 5. The average Bonchev–Trinajstić information content (AvgIpc) is 2.78. The number of ether oxygens (including phenoxy) is 1. The smallest absolute Gasteiger partial charge is 0.267 e. The predicted molar refractivity (Wildman–Crippen MR) is 143 cm³/mol. The number of hydrogen-bond donors (Lipinski definition) is 1. The highest BCUT2D eigenvalue weighted by atomic mass is 16.5. The molecule has 0 atom stereocenters. The van der Waals surface area contributed by atoms with Gasteiger partial charge in [-0.1, -0.05) is 53.7 Å². The SMILES string of the molecule is CC(C)(C)C(=O)N1CCN(c2ccc(NC(=O)C(C)(C)Oc3ccc(C(C)(C)C)cc3)cc2)CC1. The second-order valence-corrected chi connectivity index (χ2v) is 11.9. The summed E-state index contributed by atoms with van der Waals surface area (Å²) < 4.78 is 6.02. The molecule has 0 unspecified atom stereocenters. The monoisotopic (exact) mass is 479 g/mol. The van der Waals surface area contributed by atoms with Crippen LogP contribution in [0, 0.1) is 5.41 Å². The molecule has 190 valence electrons. The van der Waals surface area contributed by atoms with Crippen LogP contribution in [0.15, 0.2) is 48.5 Å². The molecule has 6 heteroatoms. The van der Waals surface area contributed by atoms with Gasteiger partial charge in [-0.3, -0.25) is 9.59 Å². The van der Waals surface area contributed by atoms with Crippen LogP contribution in [0.3, 0.4) is 0 Å². The number of hydrogen-bond acceptors (Lipinski definition) is 4. The third-order valence-corrected chi connectivity index (χ3v) is 6.34. The molecular weight excluding hydrogens is 438 g/mol. The summed E-state index contributed by atoms with van der Waals surface area (Å²) in [4.78, 5) is 29.7. The van der Waals surface area contributed by atoms with Gasteiger partial charge in [-0.15, -0.1) is 0 Å². The molecule has 35 heavy (non-hydrogen) atoms. The lowest BCUT2D eigenvalue weighted by Crippen LogP contribution is -2.51. The lowest BCUT2D eigenvalue weighted by molar-refractivity contribution is -0.139. The molecule has 0 bridgehead atoms. The maximum absolute atomic E-state index is 12.9. The van der Waals surface area contributed by atoms with Crippen molar-refractivity contribution in [2.75, 3.05) is 36.4 Å². The fraction of sp³-hybridized carbons (Fsp3) is 0.517. The normalized spacial score (nSPS) is 15.1. The molecule has 1 saturated heterocycles. The van der Waals surface area contributed by atoms with E-state index in [1.807, 2.05) is 74.2 Å². The fourth-order valence-electron chi connectivity index (χ4n) is 4.04. The molecule has 0 aromatic heterocycles. The Balaban J connectivity index is 1.56. The highest BCUT2D eigenvalue weighted by Gasteiger charge is 2.31. The predicted octanol–water partition coefficient (Wildman–Crippen LogP) is 5.47. The Morgan fingerprint density at radius 1 is 0.771 bits per heavy atom. The molecule has 1 heterocycles. The van der Waals surface area contributed by atoms with E-state index in [0.29, 0.717) is 5.75 Å². The van der Waals surface area contributed by atoms with Gasteiger partial charge in [0.15, 0.2) is 5.60 Å². The Kier molecular flexibility index (Phi) is 7.53. The Labute approximate surface area is 210 Å².